The van der Waals surface area contributed by atoms with Gasteiger partial charge in [-0.2, -0.15) is 0 Å². The van der Waals surface area contributed by atoms with Gasteiger partial charge in [-0.05, 0) is 13.3 Å². The Morgan fingerprint density at radius 2 is 2.06 bits per heavy atom. The summed E-state index contributed by atoms with van der Waals surface area (Å²) in [7, 11) is 0. The Morgan fingerprint density at radius 3 is 2.61 bits per heavy atom. The van der Waals surface area contributed by atoms with E-state index in [9.17, 15) is 4.79 Å². The van der Waals surface area contributed by atoms with E-state index < -0.39 is 5.97 Å². The van der Waals surface area contributed by atoms with Crippen LogP contribution in [0.1, 0.15) is 51.0 Å². The quantitative estimate of drug-likeness (QED) is 0.571. The minimum absolute atomic E-state index is 0.0664. The van der Waals surface area contributed by atoms with Crippen molar-refractivity contribution in [1.29, 1.82) is 0 Å². The van der Waals surface area contributed by atoms with Crippen LogP contribution in [-0.2, 0) is 24.3 Å². The van der Waals surface area contributed by atoms with Crippen molar-refractivity contribution in [3.05, 3.63) is 17.7 Å². The van der Waals surface area contributed by atoms with Crippen molar-refractivity contribution in [2.45, 2.75) is 66.0 Å². The van der Waals surface area contributed by atoms with Crippen LogP contribution >= 0.6 is 0 Å². The normalized spacial score (nSPS) is 10.8. The first-order valence-corrected chi connectivity index (χ1v) is 6.90. The Hall–Kier alpha value is -1.32. The van der Waals surface area contributed by atoms with Crippen LogP contribution in [-0.4, -0.2) is 15.6 Å². The molecule has 0 saturated heterocycles. The van der Waals surface area contributed by atoms with Gasteiger partial charge in [-0.15, -0.1) is 0 Å². The van der Waals surface area contributed by atoms with Crippen LogP contribution < -0.4 is 4.57 Å². The van der Waals surface area contributed by atoms with Crippen molar-refractivity contribution in [3.63, 3.8) is 0 Å². The standard InChI is InChI=1S/C14H24N2O2/c1-4-6-7-8-9-13-15(11-14(17)18)10-12(3)16(13)5-2/h10H,4-9,11H2,1-3H3/p+1. The summed E-state index contributed by atoms with van der Waals surface area (Å²) < 4.78 is 4.10. The molecule has 0 amide bonds. The van der Waals surface area contributed by atoms with E-state index in [1.54, 1.807) is 0 Å². The van der Waals surface area contributed by atoms with Gasteiger partial charge in [-0.3, -0.25) is 0 Å². The number of aliphatic carboxylic acids is 1. The van der Waals surface area contributed by atoms with Gasteiger partial charge in [0.15, 0.2) is 6.54 Å². The first kappa shape index (κ1) is 14.7. The van der Waals surface area contributed by atoms with Crippen LogP contribution in [0.25, 0.3) is 0 Å². The monoisotopic (exact) mass is 253 g/mol. The number of carboxylic acids is 1. The van der Waals surface area contributed by atoms with Crippen LogP contribution in [0.15, 0.2) is 6.20 Å². The number of hydrogen-bond donors (Lipinski definition) is 1. The van der Waals surface area contributed by atoms with E-state index in [2.05, 4.69) is 18.4 Å². The Morgan fingerprint density at radius 1 is 1.33 bits per heavy atom. The maximum atomic E-state index is 10.9. The fourth-order valence-corrected chi connectivity index (χ4v) is 2.43. The maximum absolute atomic E-state index is 10.9. The van der Waals surface area contributed by atoms with E-state index in [1.807, 2.05) is 17.7 Å². The molecular formula is C14H25N2O2+. The first-order valence-electron chi connectivity index (χ1n) is 6.90. The van der Waals surface area contributed by atoms with Gasteiger partial charge in [0.25, 0.3) is 5.82 Å². The number of rotatable bonds is 8. The summed E-state index contributed by atoms with van der Waals surface area (Å²) in [5, 5.41) is 8.94. The lowest BCUT2D eigenvalue weighted by Crippen LogP contribution is -2.40. The molecule has 0 aliphatic heterocycles. The Kier molecular flexibility index (Phi) is 5.89. The first-order chi connectivity index (χ1) is 8.60. The van der Waals surface area contributed by atoms with Crippen LogP contribution in [0, 0.1) is 6.92 Å². The Bertz CT molecular complexity index is 397. The molecule has 1 aromatic rings. The second-order valence-corrected chi connectivity index (χ2v) is 4.76. The van der Waals surface area contributed by atoms with Gasteiger partial charge in [0.05, 0.1) is 6.54 Å². The fraction of sp³-hybridized carbons (Fsp3) is 0.714. The highest BCUT2D eigenvalue weighted by Crippen LogP contribution is 2.08. The van der Waals surface area contributed by atoms with Crippen LogP contribution in [0.2, 0.25) is 0 Å². The third-order valence-corrected chi connectivity index (χ3v) is 3.29. The zero-order valence-electron chi connectivity index (χ0n) is 11.8. The highest BCUT2D eigenvalue weighted by molar-refractivity contribution is 5.64. The molecule has 0 unspecified atom stereocenters. The predicted octanol–water partition coefficient (Wildman–Crippen LogP) is 2.31. The third kappa shape index (κ3) is 3.86. The van der Waals surface area contributed by atoms with E-state index in [-0.39, 0.29) is 6.54 Å². The van der Waals surface area contributed by atoms with Gasteiger partial charge in [0, 0.05) is 13.3 Å². The lowest BCUT2D eigenvalue weighted by molar-refractivity contribution is -0.693. The molecule has 0 aliphatic rings. The summed E-state index contributed by atoms with van der Waals surface area (Å²) in [6.45, 7) is 7.31. The highest BCUT2D eigenvalue weighted by Gasteiger charge is 2.20. The van der Waals surface area contributed by atoms with Crippen molar-refractivity contribution >= 4 is 5.97 Å². The molecule has 0 aliphatic carbocycles. The summed E-state index contributed by atoms with van der Waals surface area (Å²) >= 11 is 0. The van der Waals surface area contributed by atoms with Crippen LogP contribution in [0.4, 0.5) is 0 Å². The molecule has 102 valence electrons. The van der Waals surface area contributed by atoms with E-state index in [1.165, 1.54) is 19.3 Å². The van der Waals surface area contributed by atoms with Gasteiger partial charge in [-0.25, -0.2) is 13.9 Å². The van der Waals surface area contributed by atoms with Gasteiger partial charge < -0.3 is 5.11 Å². The summed E-state index contributed by atoms with van der Waals surface area (Å²) in [5.74, 6) is 0.372. The van der Waals surface area contributed by atoms with Crippen molar-refractivity contribution in [2.24, 2.45) is 0 Å². The molecule has 1 aromatic heterocycles. The number of unbranched alkanes of at least 4 members (excludes halogenated alkanes) is 3. The minimum Gasteiger partial charge on any atom is -0.478 e. The zero-order chi connectivity index (χ0) is 13.5. The molecule has 1 N–H and O–H groups in total. The molecule has 0 fully saturated rings. The third-order valence-electron chi connectivity index (χ3n) is 3.29. The summed E-state index contributed by atoms with van der Waals surface area (Å²) in [6, 6.07) is 0. The highest BCUT2D eigenvalue weighted by atomic mass is 16.4. The second-order valence-electron chi connectivity index (χ2n) is 4.76. The molecule has 0 bridgehead atoms. The van der Waals surface area contributed by atoms with Crippen LogP contribution in [0.3, 0.4) is 0 Å². The SMILES string of the molecule is CCCCCCc1n(CC)c(C)c[n+]1CC(=O)O. The van der Waals surface area contributed by atoms with Gasteiger partial charge >= 0.3 is 5.97 Å². The molecule has 4 heteroatoms. The number of carboxylic acid groups (broad SMARTS) is 1. The lowest BCUT2D eigenvalue weighted by Gasteiger charge is -2.03. The number of carbonyl (C=O) groups is 1. The number of nitrogens with zero attached hydrogens (tertiary/aromatic N) is 2. The topological polar surface area (TPSA) is 46.1 Å². The molecule has 0 spiro atoms. The van der Waals surface area contributed by atoms with Gasteiger partial charge in [-0.1, -0.05) is 26.2 Å². The Balaban J connectivity index is 2.80. The molecular weight excluding hydrogens is 228 g/mol. The van der Waals surface area contributed by atoms with Gasteiger partial charge in [0.2, 0.25) is 0 Å². The fourth-order valence-electron chi connectivity index (χ4n) is 2.43. The lowest BCUT2D eigenvalue weighted by atomic mass is 10.1. The van der Waals surface area contributed by atoms with E-state index >= 15 is 0 Å². The Labute approximate surface area is 109 Å². The molecule has 4 nitrogen and oxygen atoms in total. The van der Waals surface area contributed by atoms with Crippen molar-refractivity contribution in [1.82, 2.24) is 4.57 Å². The number of imidazole rings is 1. The molecule has 1 heterocycles. The molecule has 0 aromatic carbocycles. The summed E-state index contributed by atoms with van der Waals surface area (Å²) in [4.78, 5) is 10.9. The smallest absolute Gasteiger partial charge is 0.346 e. The average molecular weight is 253 g/mol. The second kappa shape index (κ2) is 7.19. The number of aryl methyl sites for hydroxylation is 1. The maximum Gasteiger partial charge on any atom is 0.346 e. The number of aromatic nitrogens is 2. The van der Waals surface area contributed by atoms with Crippen LogP contribution in [0.5, 0.6) is 0 Å². The van der Waals surface area contributed by atoms with Crippen molar-refractivity contribution in [3.8, 4) is 0 Å². The van der Waals surface area contributed by atoms with E-state index in [0.717, 1.165) is 30.9 Å². The molecule has 18 heavy (non-hydrogen) atoms. The van der Waals surface area contributed by atoms with Crippen molar-refractivity contribution < 1.29 is 14.5 Å². The van der Waals surface area contributed by atoms with Gasteiger partial charge in [0.1, 0.15) is 11.9 Å². The summed E-state index contributed by atoms with van der Waals surface area (Å²) in [6.07, 6.45) is 7.75. The molecule has 0 radical (unpaired) electrons. The zero-order valence-corrected chi connectivity index (χ0v) is 11.8. The minimum atomic E-state index is -0.775. The molecule has 1 rings (SSSR count). The largest absolute Gasteiger partial charge is 0.478 e. The number of hydrogen-bond acceptors (Lipinski definition) is 1. The molecule has 0 atom stereocenters. The van der Waals surface area contributed by atoms with E-state index in [4.69, 9.17) is 5.11 Å². The summed E-state index contributed by atoms with van der Waals surface area (Å²) in [5.41, 5.74) is 1.14. The molecule has 0 saturated carbocycles. The predicted molar refractivity (Wildman–Crippen MR) is 70.5 cm³/mol. The van der Waals surface area contributed by atoms with E-state index in [0.29, 0.717) is 0 Å². The van der Waals surface area contributed by atoms with Crippen molar-refractivity contribution in [2.75, 3.05) is 0 Å². The average Bonchev–Trinajstić information content (AvgIpc) is 2.59.